The van der Waals surface area contributed by atoms with Crippen molar-refractivity contribution in [1.29, 1.82) is 0 Å². The Bertz CT molecular complexity index is 530. The second kappa shape index (κ2) is 6.52. The van der Waals surface area contributed by atoms with Crippen molar-refractivity contribution in [3.05, 3.63) is 12.2 Å². The molecule has 0 aromatic carbocycles. The minimum Gasteiger partial charge on any atom is -0.462 e. The van der Waals surface area contributed by atoms with Gasteiger partial charge in [-0.2, -0.15) is 8.42 Å². The van der Waals surface area contributed by atoms with Gasteiger partial charge in [0, 0.05) is 0 Å². The summed E-state index contributed by atoms with van der Waals surface area (Å²) >= 11 is 0. The van der Waals surface area contributed by atoms with E-state index in [0.717, 1.165) is 0 Å². The lowest BCUT2D eigenvalue weighted by molar-refractivity contribution is -0.137. The number of rotatable bonds is 5. The van der Waals surface area contributed by atoms with Gasteiger partial charge in [0.2, 0.25) is 14.5 Å². The quantitative estimate of drug-likeness (QED) is 0.372. The molecule has 9 heteroatoms. The molecule has 0 heterocycles. The Morgan fingerprint density at radius 1 is 1.41 bits per heavy atom. The van der Waals surface area contributed by atoms with Crippen molar-refractivity contribution in [2.75, 3.05) is 19.0 Å². The third kappa shape index (κ3) is 4.29. The van der Waals surface area contributed by atoms with Gasteiger partial charge in [0.25, 0.3) is 0 Å². The van der Waals surface area contributed by atoms with E-state index in [0.29, 0.717) is 0 Å². The zero-order valence-corrected chi connectivity index (χ0v) is 10.7. The highest BCUT2D eigenvalue weighted by molar-refractivity contribution is 8.16. The molecule has 98 valence electrons. The summed E-state index contributed by atoms with van der Waals surface area (Å²) in [5, 5.41) is 8.52. The zero-order chi connectivity index (χ0) is 13.6. The number of esters is 1. The maximum absolute atomic E-state index is 11.5. The average Bonchev–Trinajstić information content (AvgIpc) is 2.16. The smallest absolute Gasteiger partial charge is 0.339 e. The molecule has 0 saturated heterocycles. The topological polar surface area (TPSA) is 115 Å². The average molecular weight is 284 g/mol. The molecular formula is C8H12O7S2. The van der Waals surface area contributed by atoms with Crippen molar-refractivity contribution in [2.24, 2.45) is 0 Å². The van der Waals surface area contributed by atoms with Crippen molar-refractivity contribution < 1.29 is 31.5 Å². The molecule has 0 aliphatic heterocycles. The summed E-state index contributed by atoms with van der Waals surface area (Å²) in [4.78, 5) is 11.2. The van der Waals surface area contributed by atoms with Gasteiger partial charge in [0.1, 0.15) is 0 Å². The second-order valence-corrected chi connectivity index (χ2v) is 5.95. The zero-order valence-electron chi connectivity index (χ0n) is 9.04. The molecular weight excluding hydrogens is 272 g/mol. The molecule has 0 saturated carbocycles. The third-order valence-electron chi connectivity index (χ3n) is 1.56. The van der Waals surface area contributed by atoms with Gasteiger partial charge in [-0.3, -0.25) is 0 Å². The van der Waals surface area contributed by atoms with Gasteiger partial charge < -0.3 is 9.84 Å². The molecule has 0 aliphatic carbocycles. The van der Waals surface area contributed by atoms with Crippen LogP contribution in [0.25, 0.3) is 0 Å². The van der Waals surface area contributed by atoms with E-state index in [1.165, 1.54) is 6.92 Å². The summed E-state index contributed by atoms with van der Waals surface area (Å²) in [5.74, 6) is -1.94. The number of hydrogen-bond acceptors (Lipinski definition) is 7. The van der Waals surface area contributed by atoms with Crippen LogP contribution in [0.4, 0.5) is 0 Å². The minimum atomic E-state index is -4.28. The van der Waals surface area contributed by atoms with E-state index in [2.05, 4.69) is 11.3 Å². The fourth-order valence-corrected chi connectivity index (χ4v) is 3.15. The SMILES string of the molecule is C=C(C(=O)OCC)C(=S(=O)=O)S(=O)(=O)CCO. The standard InChI is InChI=1S/C8H12O7S2/c1-3-15-7(10)6(2)8(16(11)12)17(13,14)5-4-9/h9H,2-5H2,1H3. The molecule has 0 rings (SSSR count). The van der Waals surface area contributed by atoms with E-state index in [9.17, 15) is 21.6 Å². The van der Waals surface area contributed by atoms with E-state index >= 15 is 0 Å². The molecule has 0 radical (unpaired) electrons. The molecule has 0 unspecified atom stereocenters. The first-order valence-electron chi connectivity index (χ1n) is 4.44. The minimum absolute atomic E-state index is 0.0450. The highest BCUT2D eigenvalue weighted by atomic mass is 32.2. The van der Waals surface area contributed by atoms with Crippen LogP contribution in [-0.2, 0) is 29.7 Å². The van der Waals surface area contributed by atoms with Gasteiger partial charge in [-0.25, -0.2) is 13.2 Å². The molecule has 0 aliphatic rings. The fourth-order valence-electron chi connectivity index (χ4n) is 0.906. The predicted octanol–water partition coefficient (Wildman–Crippen LogP) is -1.48. The molecule has 0 amide bonds. The summed E-state index contributed by atoms with van der Waals surface area (Å²) < 4.78 is 47.8. The van der Waals surface area contributed by atoms with Gasteiger partial charge in [-0.15, -0.1) is 0 Å². The molecule has 7 nitrogen and oxygen atoms in total. The van der Waals surface area contributed by atoms with E-state index in [4.69, 9.17) is 5.11 Å². The lowest BCUT2D eigenvalue weighted by Gasteiger charge is -2.06. The van der Waals surface area contributed by atoms with Gasteiger partial charge in [-0.05, 0) is 6.92 Å². The lowest BCUT2D eigenvalue weighted by atomic mass is 10.3. The van der Waals surface area contributed by atoms with Crippen molar-refractivity contribution in [1.82, 2.24) is 0 Å². The molecule has 0 bridgehead atoms. The van der Waals surface area contributed by atoms with E-state index in [-0.39, 0.29) is 6.61 Å². The second-order valence-electron chi connectivity index (χ2n) is 2.76. The number of carbonyl (C=O) groups excluding carboxylic acids is 1. The molecule has 0 aromatic heterocycles. The van der Waals surface area contributed by atoms with Gasteiger partial charge in [0.05, 0.1) is 24.5 Å². The predicted molar refractivity (Wildman–Crippen MR) is 60.6 cm³/mol. The van der Waals surface area contributed by atoms with Crippen LogP contribution in [0, 0.1) is 0 Å². The number of ether oxygens (including phenoxy) is 1. The summed E-state index contributed by atoms with van der Waals surface area (Å²) in [6.45, 7) is 3.74. The Hall–Kier alpha value is -1.19. The van der Waals surface area contributed by atoms with Crippen LogP contribution in [0.15, 0.2) is 12.2 Å². The summed E-state index contributed by atoms with van der Waals surface area (Å²) in [6.07, 6.45) is 0. The van der Waals surface area contributed by atoms with Gasteiger partial charge >= 0.3 is 5.97 Å². The van der Waals surface area contributed by atoms with E-state index in [1.807, 2.05) is 0 Å². The Kier molecular flexibility index (Phi) is 6.07. The molecule has 0 spiro atoms. The van der Waals surface area contributed by atoms with E-state index < -0.39 is 48.2 Å². The first-order valence-corrected chi connectivity index (χ1v) is 7.16. The molecule has 17 heavy (non-hydrogen) atoms. The summed E-state index contributed by atoms with van der Waals surface area (Å²) in [5.41, 5.74) is -0.770. The first kappa shape index (κ1) is 15.8. The van der Waals surface area contributed by atoms with Crippen LogP contribution >= 0.6 is 0 Å². The normalized spacial score (nSPS) is 10.7. The Labute approximate surface area is 100 Å². The summed E-state index contributed by atoms with van der Waals surface area (Å²) in [7, 11) is -7.44. The van der Waals surface area contributed by atoms with Crippen LogP contribution < -0.4 is 0 Å². The molecule has 0 atom stereocenters. The van der Waals surface area contributed by atoms with Crippen LogP contribution in [-0.4, -0.2) is 51.1 Å². The van der Waals surface area contributed by atoms with Crippen LogP contribution in [0.3, 0.4) is 0 Å². The number of hydrogen-bond donors (Lipinski definition) is 1. The van der Waals surface area contributed by atoms with Crippen molar-refractivity contribution >= 4 is 30.3 Å². The highest BCUT2D eigenvalue weighted by Crippen LogP contribution is 2.06. The summed E-state index contributed by atoms with van der Waals surface area (Å²) in [6, 6.07) is 0. The highest BCUT2D eigenvalue weighted by Gasteiger charge is 2.28. The molecule has 0 aromatic rings. The van der Waals surface area contributed by atoms with Crippen molar-refractivity contribution in [2.45, 2.75) is 6.92 Å². The Morgan fingerprint density at radius 3 is 2.29 bits per heavy atom. The molecule has 1 N–H and O–H groups in total. The van der Waals surface area contributed by atoms with Crippen molar-refractivity contribution in [3.8, 4) is 0 Å². The number of sulfone groups is 1. The van der Waals surface area contributed by atoms with Crippen LogP contribution in [0.1, 0.15) is 6.92 Å². The monoisotopic (exact) mass is 284 g/mol. The van der Waals surface area contributed by atoms with E-state index in [1.54, 1.807) is 0 Å². The number of aliphatic hydroxyl groups is 1. The Morgan fingerprint density at radius 2 is 1.94 bits per heavy atom. The third-order valence-corrected chi connectivity index (χ3v) is 4.81. The van der Waals surface area contributed by atoms with Crippen LogP contribution in [0.5, 0.6) is 0 Å². The van der Waals surface area contributed by atoms with Crippen LogP contribution in [0.2, 0.25) is 0 Å². The maximum atomic E-state index is 11.5. The fraction of sp³-hybridized carbons (Fsp3) is 0.500. The van der Waals surface area contributed by atoms with Gasteiger partial charge in [0.15, 0.2) is 9.84 Å². The number of aliphatic hydroxyl groups excluding tert-OH is 1. The lowest BCUT2D eigenvalue weighted by Crippen LogP contribution is -2.27. The first-order chi connectivity index (χ1) is 7.77. The maximum Gasteiger partial charge on any atom is 0.339 e. The number of carbonyl (C=O) groups is 1. The Balaban J connectivity index is 5.56. The largest absolute Gasteiger partial charge is 0.462 e. The van der Waals surface area contributed by atoms with Gasteiger partial charge in [-0.1, -0.05) is 6.58 Å². The van der Waals surface area contributed by atoms with Crippen molar-refractivity contribution in [3.63, 3.8) is 0 Å². The molecule has 0 fully saturated rings.